The first kappa shape index (κ1) is 13.1. The van der Waals surface area contributed by atoms with Gasteiger partial charge < -0.3 is 9.84 Å². The fourth-order valence-electron chi connectivity index (χ4n) is 1.63. The molecule has 0 amide bonds. The molecule has 1 heterocycles. The molecule has 0 aliphatic rings. The Labute approximate surface area is 109 Å². The van der Waals surface area contributed by atoms with E-state index < -0.39 is 11.8 Å². The summed E-state index contributed by atoms with van der Waals surface area (Å²) in [7, 11) is 0. The molecule has 1 aromatic carbocycles. The number of carboxylic acid groups (broad SMARTS) is 1. The first-order valence-electron chi connectivity index (χ1n) is 5.77. The lowest BCUT2D eigenvalue weighted by atomic mass is 10.1. The van der Waals surface area contributed by atoms with Gasteiger partial charge in [0.25, 0.3) is 0 Å². The van der Waals surface area contributed by atoms with Gasteiger partial charge >= 0.3 is 5.97 Å². The van der Waals surface area contributed by atoms with Crippen LogP contribution in [0.5, 0.6) is 5.75 Å². The van der Waals surface area contributed by atoms with Crippen LogP contribution in [0.25, 0.3) is 0 Å². The van der Waals surface area contributed by atoms with Crippen LogP contribution in [0.4, 0.5) is 4.39 Å². The highest BCUT2D eigenvalue weighted by Gasteiger charge is 2.12. The van der Waals surface area contributed by atoms with Crippen molar-refractivity contribution in [3.63, 3.8) is 0 Å². The van der Waals surface area contributed by atoms with Gasteiger partial charge in [-0.3, -0.25) is 4.68 Å². The first-order valence-corrected chi connectivity index (χ1v) is 5.77. The van der Waals surface area contributed by atoms with E-state index in [4.69, 9.17) is 9.84 Å². The number of carbonyl (C=O) groups is 1. The molecule has 0 aliphatic heterocycles. The van der Waals surface area contributed by atoms with Gasteiger partial charge in [0.15, 0.2) is 5.75 Å². The lowest BCUT2D eigenvalue weighted by Gasteiger charge is -2.07. The third-order valence-corrected chi connectivity index (χ3v) is 2.63. The maximum Gasteiger partial charge on any atom is 0.336 e. The average Bonchev–Trinajstić information content (AvgIpc) is 2.85. The summed E-state index contributed by atoms with van der Waals surface area (Å²) in [4.78, 5) is 11.0. The maximum atomic E-state index is 13.0. The van der Waals surface area contributed by atoms with Gasteiger partial charge in [-0.25, -0.2) is 9.18 Å². The number of ether oxygens (including phenoxy) is 1. The van der Waals surface area contributed by atoms with Gasteiger partial charge in [0.05, 0.1) is 18.0 Å². The molecule has 1 N–H and O–H groups in total. The second-order valence-electron chi connectivity index (χ2n) is 3.93. The molecule has 0 fully saturated rings. The largest absolute Gasteiger partial charge is 0.486 e. The minimum Gasteiger partial charge on any atom is -0.486 e. The van der Waals surface area contributed by atoms with E-state index in [0.29, 0.717) is 11.3 Å². The van der Waals surface area contributed by atoms with Crippen molar-refractivity contribution in [2.45, 2.75) is 20.1 Å². The highest BCUT2D eigenvalue weighted by atomic mass is 19.1. The molecule has 0 radical (unpaired) electrons. The number of rotatable bonds is 5. The van der Waals surface area contributed by atoms with Gasteiger partial charge in [0.2, 0.25) is 0 Å². The fourth-order valence-corrected chi connectivity index (χ4v) is 1.63. The Morgan fingerprint density at radius 1 is 1.53 bits per heavy atom. The molecule has 2 aromatic rings. The molecule has 6 heteroatoms. The SMILES string of the molecule is CCn1cc(OCc2ccc(F)cc2C(=O)O)cn1. The summed E-state index contributed by atoms with van der Waals surface area (Å²) in [6.07, 6.45) is 3.26. The Morgan fingerprint density at radius 2 is 2.32 bits per heavy atom. The van der Waals surface area contributed by atoms with Gasteiger partial charge in [-0.2, -0.15) is 5.10 Å². The molecule has 100 valence electrons. The van der Waals surface area contributed by atoms with Crippen LogP contribution in [-0.2, 0) is 13.2 Å². The number of aryl methyl sites for hydroxylation is 1. The zero-order valence-electron chi connectivity index (χ0n) is 10.3. The summed E-state index contributed by atoms with van der Waals surface area (Å²) in [5, 5.41) is 13.0. The molecule has 19 heavy (non-hydrogen) atoms. The molecule has 0 saturated heterocycles. The second-order valence-corrected chi connectivity index (χ2v) is 3.93. The third-order valence-electron chi connectivity index (χ3n) is 2.63. The summed E-state index contributed by atoms with van der Waals surface area (Å²) in [6, 6.07) is 3.60. The monoisotopic (exact) mass is 264 g/mol. The molecule has 5 nitrogen and oxygen atoms in total. The van der Waals surface area contributed by atoms with Crippen molar-refractivity contribution < 1.29 is 19.0 Å². The van der Waals surface area contributed by atoms with E-state index >= 15 is 0 Å². The van der Waals surface area contributed by atoms with E-state index in [-0.39, 0.29) is 12.2 Å². The van der Waals surface area contributed by atoms with Crippen LogP contribution < -0.4 is 4.74 Å². The van der Waals surface area contributed by atoms with Crippen LogP contribution in [0.2, 0.25) is 0 Å². The van der Waals surface area contributed by atoms with E-state index in [2.05, 4.69) is 5.10 Å². The molecular formula is C13H13FN2O3. The standard InChI is InChI=1S/C13H13FN2O3/c1-2-16-7-11(6-15-16)19-8-9-3-4-10(14)5-12(9)13(17)18/h3-7H,2,8H2,1H3,(H,17,18). The van der Waals surface area contributed by atoms with E-state index in [1.54, 1.807) is 17.1 Å². The van der Waals surface area contributed by atoms with Crippen molar-refractivity contribution in [3.8, 4) is 5.75 Å². The molecule has 0 spiro atoms. The molecule has 1 aromatic heterocycles. The van der Waals surface area contributed by atoms with Crippen molar-refractivity contribution in [1.29, 1.82) is 0 Å². The molecular weight excluding hydrogens is 251 g/mol. The molecule has 0 unspecified atom stereocenters. The molecule has 0 bridgehead atoms. The van der Waals surface area contributed by atoms with Crippen LogP contribution in [0.1, 0.15) is 22.8 Å². The van der Waals surface area contributed by atoms with Crippen molar-refractivity contribution in [3.05, 3.63) is 47.5 Å². The van der Waals surface area contributed by atoms with Gasteiger partial charge in [0.1, 0.15) is 12.4 Å². The zero-order chi connectivity index (χ0) is 13.8. The highest BCUT2D eigenvalue weighted by molar-refractivity contribution is 5.89. The number of aromatic carboxylic acids is 1. The summed E-state index contributed by atoms with van der Waals surface area (Å²) in [5.74, 6) is -1.22. The summed E-state index contributed by atoms with van der Waals surface area (Å²) in [6.45, 7) is 2.72. The number of hydrogen-bond acceptors (Lipinski definition) is 3. The van der Waals surface area contributed by atoms with Crippen LogP contribution >= 0.6 is 0 Å². The van der Waals surface area contributed by atoms with E-state index in [0.717, 1.165) is 12.6 Å². The predicted octanol–water partition coefficient (Wildman–Crippen LogP) is 2.32. The number of benzene rings is 1. The normalized spacial score (nSPS) is 10.4. The number of hydrogen-bond donors (Lipinski definition) is 1. The van der Waals surface area contributed by atoms with Crippen LogP contribution in [0.15, 0.2) is 30.6 Å². The predicted molar refractivity (Wildman–Crippen MR) is 65.6 cm³/mol. The number of nitrogens with zero attached hydrogens (tertiary/aromatic N) is 2. The Bertz CT molecular complexity index is 595. The van der Waals surface area contributed by atoms with E-state index in [1.165, 1.54) is 12.1 Å². The van der Waals surface area contributed by atoms with Gasteiger partial charge in [-0.05, 0) is 19.1 Å². The Balaban J connectivity index is 2.12. The van der Waals surface area contributed by atoms with Crippen LogP contribution in [-0.4, -0.2) is 20.9 Å². The van der Waals surface area contributed by atoms with Crippen molar-refractivity contribution in [1.82, 2.24) is 9.78 Å². The lowest BCUT2D eigenvalue weighted by molar-refractivity contribution is 0.0693. The molecule has 0 aliphatic carbocycles. The second kappa shape index (κ2) is 5.51. The Hall–Kier alpha value is -2.37. The average molecular weight is 264 g/mol. The summed E-state index contributed by atoms with van der Waals surface area (Å²) in [5.41, 5.74) is 0.320. The highest BCUT2D eigenvalue weighted by Crippen LogP contribution is 2.16. The van der Waals surface area contributed by atoms with Gasteiger partial charge in [-0.1, -0.05) is 6.07 Å². The number of aromatic nitrogens is 2. The topological polar surface area (TPSA) is 64.3 Å². The summed E-state index contributed by atoms with van der Waals surface area (Å²) >= 11 is 0. The van der Waals surface area contributed by atoms with Crippen molar-refractivity contribution >= 4 is 5.97 Å². The van der Waals surface area contributed by atoms with Crippen molar-refractivity contribution in [2.75, 3.05) is 0 Å². The molecule has 2 rings (SSSR count). The summed E-state index contributed by atoms with van der Waals surface area (Å²) < 4.78 is 20.1. The maximum absolute atomic E-state index is 13.0. The van der Waals surface area contributed by atoms with Gasteiger partial charge in [0, 0.05) is 12.1 Å². The minimum atomic E-state index is -1.18. The number of halogens is 1. The molecule has 0 saturated carbocycles. The number of carboxylic acids is 1. The van der Waals surface area contributed by atoms with E-state index in [9.17, 15) is 9.18 Å². The Morgan fingerprint density at radius 3 is 2.95 bits per heavy atom. The minimum absolute atomic E-state index is 0.0529. The third kappa shape index (κ3) is 3.09. The zero-order valence-corrected chi connectivity index (χ0v) is 10.3. The van der Waals surface area contributed by atoms with Crippen LogP contribution in [0, 0.1) is 5.82 Å². The van der Waals surface area contributed by atoms with Crippen molar-refractivity contribution in [2.24, 2.45) is 0 Å². The first-order chi connectivity index (χ1) is 9.10. The Kier molecular flexibility index (Phi) is 3.79. The fraction of sp³-hybridized carbons (Fsp3) is 0.231. The van der Waals surface area contributed by atoms with E-state index in [1.807, 2.05) is 6.92 Å². The quantitative estimate of drug-likeness (QED) is 0.900. The van der Waals surface area contributed by atoms with Crippen LogP contribution in [0.3, 0.4) is 0 Å². The van der Waals surface area contributed by atoms with Gasteiger partial charge in [-0.15, -0.1) is 0 Å². The lowest BCUT2D eigenvalue weighted by Crippen LogP contribution is -2.06. The molecule has 0 atom stereocenters. The smallest absolute Gasteiger partial charge is 0.336 e.